The van der Waals surface area contributed by atoms with Gasteiger partial charge in [-0.05, 0) is 32.1 Å². The van der Waals surface area contributed by atoms with Crippen LogP contribution >= 0.6 is 0 Å². The third-order valence-corrected chi connectivity index (χ3v) is 5.63. The molecule has 0 radical (unpaired) electrons. The van der Waals surface area contributed by atoms with Gasteiger partial charge in [-0.25, -0.2) is 12.7 Å². The van der Waals surface area contributed by atoms with E-state index in [1.165, 1.54) is 10.6 Å². The average Bonchev–Trinajstić information content (AvgIpc) is 2.41. The fraction of sp³-hybridized carbons (Fsp3) is 0.941. The zero-order valence-electron chi connectivity index (χ0n) is 16.8. The van der Waals surface area contributed by atoms with Gasteiger partial charge in [-0.3, -0.25) is 4.79 Å². The van der Waals surface area contributed by atoms with Gasteiger partial charge >= 0.3 is 0 Å². The lowest BCUT2D eigenvalue weighted by atomic mass is 9.76. The van der Waals surface area contributed by atoms with Gasteiger partial charge < -0.3 is 9.64 Å². The summed E-state index contributed by atoms with van der Waals surface area (Å²) in [5, 5.41) is 0. The number of sulfonamides is 1. The van der Waals surface area contributed by atoms with Crippen molar-refractivity contribution in [2.45, 2.75) is 59.7 Å². The van der Waals surface area contributed by atoms with Crippen LogP contribution in [0, 0.1) is 11.3 Å². The molecule has 0 fully saturated rings. The lowest BCUT2D eigenvalue weighted by Crippen LogP contribution is -2.46. The van der Waals surface area contributed by atoms with Gasteiger partial charge in [-0.15, -0.1) is 0 Å². The quantitative estimate of drug-likeness (QED) is 0.596. The number of amides is 1. The van der Waals surface area contributed by atoms with E-state index in [0.717, 1.165) is 6.42 Å². The average molecular weight is 365 g/mol. The second-order valence-electron chi connectivity index (χ2n) is 7.75. The van der Waals surface area contributed by atoms with Crippen LogP contribution in [0.1, 0.15) is 47.5 Å². The first-order valence-corrected chi connectivity index (χ1v) is 10.3. The monoisotopic (exact) mass is 364 g/mol. The van der Waals surface area contributed by atoms with E-state index in [1.54, 1.807) is 26.0 Å². The summed E-state index contributed by atoms with van der Waals surface area (Å²) >= 11 is 0. The summed E-state index contributed by atoms with van der Waals surface area (Å²) < 4.78 is 30.9. The molecule has 0 aliphatic heterocycles. The van der Waals surface area contributed by atoms with E-state index < -0.39 is 10.0 Å². The molecule has 0 saturated carbocycles. The van der Waals surface area contributed by atoms with E-state index in [9.17, 15) is 13.2 Å². The topological polar surface area (TPSA) is 66.9 Å². The molecule has 0 heterocycles. The van der Waals surface area contributed by atoms with Gasteiger partial charge in [0.05, 0.1) is 18.5 Å². The molecule has 7 heteroatoms. The molecule has 0 aliphatic carbocycles. The maximum absolute atomic E-state index is 12.4. The van der Waals surface area contributed by atoms with Gasteiger partial charge in [-0.1, -0.05) is 20.8 Å². The molecule has 0 spiro atoms. The highest BCUT2D eigenvalue weighted by molar-refractivity contribution is 7.88. The number of carbonyl (C=O) groups excluding carboxylic acids is 1. The van der Waals surface area contributed by atoms with Crippen LogP contribution in [0.3, 0.4) is 0 Å². The number of likely N-dealkylation sites (N-methyl/N-ethyl adjacent to an activating group) is 1. The Morgan fingerprint density at radius 1 is 1.17 bits per heavy atom. The van der Waals surface area contributed by atoms with E-state index in [0.29, 0.717) is 6.42 Å². The molecule has 0 aromatic rings. The highest BCUT2D eigenvalue weighted by atomic mass is 32.2. The van der Waals surface area contributed by atoms with Crippen LogP contribution < -0.4 is 0 Å². The highest BCUT2D eigenvalue weighted by Crippen LogP contribution is 2.34. The predicted molar refractivity (Wildman–Crippen MR) is 98.4 cm³/mol. The lowest BCUT2D eigenvalue weighted by Gasteiger charge is -2.39. The number of hydrogen-bond acceptors (Lipinski definition) is 4. The van der Waals surface area contributed by atoms with Crippen LogP contribution in [0.4, 0.5) is 0 Å². The van der Waals surface area contributed by atoms with Gasteiger partial charge in [-0.2, -0.15) is 0 Å². The molecule has 6 nitrogen and oxygen atoms in total. The molecular weight excluding hydrogens is 328 g/mol. The van der Waals surface area contributed by atoms with Crippen molar-refractivity contribution in [3.05, 3.63) is 0 Å². The molecule has 0 aliphatic rings. The molecule has 0 saturated heterocycles. The van der Waals surface area contributed by atoms with Crippen LogP contribution in [0.25, 0.3) is 0 Å². The van der Waals surface area contributed by atoms with E-state index >= 15 is 0 Å². The Labute approximate surface area is 148 Å². The van der Waals surface area contributed by atoms with Crippen molar-refractivity contribution in [1.82, 2.24) is 9.21 Å². The molecule has 0 aromatic heterocycles. The van der Waals surface area contributed by atoms with Gasteiger partial charge in [0.2, 0.25) is 15.9 Å². The fourth-order valence-electron chi connectivity index (χ4n) is 2.71. The van der Waals surface area contributed by atoms with Crippen LogP contribution in [0.5, 0.6) is 0 Å². The van der Waals surface area contributed by atoms with E-state index in [2.05, 4.69) is 0 Å². The first-order chi connectivity index (χ1) is 10.7. The van der Waals surface area contributed by atoms with Crippen molar-refractivity contribution in [1.29, 1.82) is 0 Å². The SMILES string of the molecule is CCC(CC(C)(C)C(CN(C)S(C)(=O)=O)OC(C)C)C(=O)N(C)C. The van der Waals surface area contributed by atoms with Crippen molar-refractivity contribution in [3.63, 3.8) is 0 Å². The third-order valence-electron chi connectivity index (χ3n) is 4.35. The fourth-order valence-corrected chi connectivity index (χ4v) is 3.12. The van der Waals surface area contributed by atoms with Crippen LogP contribution in [0.2, 0.25) is 0 Å². The van der Waals surface area contributed by atoms with Crippen LogP contribution in [0.15, 0.2) is 0 Å². The smallest absolute Gasteiger partial charge is 0.225 e. The van der Waals surface area contributed by atoms with Crippen molar-refractivity contribution in [2.24, 2.45) is 11.3 Å². The molecule has 144 valence electrons. The molecule has 0 rings (SSSR count). The normalized spacial score (nSPS) is 15.6. The Hall–Kier alpha value is -0.660. The van der Waals surface area contributed by atoms with E-state index in [1.807, 2.05) is 34.6 Å². The molecule has 24 heavy (non-hydrogen) atoms. The summed E-state index contributed by atoms with van der Waals surface area (Å²) in [5.74, 6) is 0.00198. The van der Waals surface area contributed by atoms with Crippen molar-refractivity contribution in [3.8, 4) is 0 Å². The number of rotatable bonds is 10. The Kier molecular flexibility index (Phi) is 8.90. The molecule has 2 atom stereocenters. The first-order valence-electron chi connectivity index (χ1n) is 8.50. The second kappa shape index (κ2) is 9.15. The van der Waals surface area contributed by atoms with E-state index in [-0.39, 0.29) is 36.0 Å². The largest absolute Gasteiger partial charge is 0.374 e. The first kappa shape index (κ1) is 23.3. The minimum Gasteiger partial charge on any atom is -0.374 e. The maximum Gasteiger partial charge on any atom is 0.225 e. The summed E-state index contributed by atoms with van der Waals surface area (Å²) in [6, 6.07) is 0. The molecule has 0 bridgehead atoms. The Balaban J connectivity index is 5.37. The summed E-state index contributed by atoms with van der Waals surface area (Å²) in [4.78, 5) is 14.0. The van der Waals surface area contributed by atoms with Crippen LogP contribution in [-0.4, -0.2) is 69.7 Å². The van der Waals surface area contributed by atoms with Gasteiger partial charge in [0.15, 0.2) is 0 Å². The number of hydrogen-bond donors (Lipinski definition) is 0. The molecule has 0 aromatic carbocycles. The summed E-state index contributed by atoms with van der Waals surface area (Å²) in [7, 11) is 1.80. The minimum absolute atomic E-state index is 0.0214. The molecule has 2 unspecified atom stereocenters. The number of nitrogens with zero attached hydrogens (tertiary/aromatic N) is 2. The van der Waals surface area contributed by atoms with Gasteiger partial charge in [0, 0.05) is 33.6 Å². The van der Waals surface area contributed by atoms with Gasteiger partial charge in [0.25, 0.3) is 0 Å². The molecule has 1 amide bonds. The maximum atomic E-state index is 12.4. The third kappa shape index (κ3) is 7.49. The summed E-state index contributed by atoms with van der Waals surface area (Å²) in [6.07, 6.45) is 2.27. The zero-order chi connectivity index (χ0) is 19.3. The lowest BCUT2D eigenvalue weighted by molar-refractivity contribution is -0.136. The van der Waals surface area contributed by atoms with E-state index in [4.69, 9.17) is 4.74 Å². The van der Waals surface area contributed by atoms with Crippen molar-refractivity contribution >= 4 is 15.9 Å². The summed E-state index contributed by atoms with van der Waals surface area (Å²) in [6.45, 7) is 10.2. The number of ether oxygens (including phenoxy) is 1. The zero-order valence-corrected chi connectivity index (χ0v) is 17.6. The number of carbonyl (C=O) groups is 1. The van der Waals surface area contributed by atoms with Crippen molar-refractivity contribution in [2.75, 3.05) is 33.9 Å². The molecule has 0 N–H and O–H groups in total. The molecular formula is C17H36N2O4S. The highest BCUT2D eigenvalue weighted by Gasteiger charge is 2.37. The van der Waals surface area contributed by atoms with Crippen LogP contribution in [-0.2, 0) is 19.6 Å². The minimum atomic E-state index is -3.28. The van der Waals surface area contributed by atoms with Gasteiger partial charge in [0.1, 0.15) is 0 Å². The van der Waals surface area contributed by atoms with Crippen molar-refractivity contribution < 1.29 is 17.9 Å². The Morgan fingerprint density at radius 3 is 2.00 bits per heavy atom. The predicted octanol–water partition coefficient (Wildman–Crippen LogP) is 2.20. The summed E-state index contributed by atoms with van der Waals surface area (Å²) in [5.41, 5.74) is -0.338. The standard InChI is InChI=1S/C17H36N2O4S/c1-10-14(16(20)18(6)7)11-17(4,5)15(23-13(2)3)12-19(8)24(9,21)22/h13-15H,10-12H2,1-9H3. The Bertz CT molecular complexity index is 501. The Morgan fingerprint density at radius 2 is 1.67 bits per heavy atom. The second-order valence-corrected chi connectivity index (χ2v) is 9.84.